The molecule has 1 fully saturated rings. The molecule has 0 radical (unpaired) electrons. The van der Waals surface area contributed by atoms with Crippen LogP contribution < -0.4 is 5.32 Å². The van der Waals surface area contributed by atoms with E-state index >= 15 is 0 Å². The van der Waals surface area contributed by atoms with Crippen molar-refractivity contribution < 1.29 is 22.4 Å². The molecule has 8 heteroatoms. The van der Waals surface area contributed by atoms with Crippen LogP contribution in [0, 0.1) is 6.92 Å². The Morgan fingerprint density at radius 2 is 2.25 bits per heavy atom. The van der Waals surface area contributed by atoms with Gasteiger partial charge in [-0.2, -0.15) is 4.31 Å². The van der Waals surface area contributed by atoms with Gasteiger partial charge in [0.05, 0.1) is 7.11 Å². The molecule has 1 saturated heterocycles. The van der Waals surface area contributed by atoms with Gasteiger partial charge in [-0.15, -0.1) is 0 Å². The zero-order valence-electron chi connectivity index (χ0n) is 11.7. The highest BCUT2D eigenvalue weighted by molar-refractivity contribution is 7.89. The first kappa shape index (κ1) is 15.0. The Bertz CT molecular complexity index is 607. The molecule has 0 amide bonds. The summed E-state index contributed by atoms with van der Waals surface area (Å²) in [5, 5.41) is 2.90. The Kier molecular flexibility index (Phi) is 4.17. The van der Waals surface area contributed by atoms with E-state index in [0.29, 0.717) is 19.6 Å². The quantitative estimate of drug-likeness (QED) is 0.811. The third-order valence-corrected chi connectivity index (χ3v) is 5.17. The number of nitrogens with zero attached hydrogens (tertiary/aromatic N) is 1. The van der Waals surface area contributed by atoms with Crippen molar-refractivity contribution >= 4 is 16.0 Å². The second-order valence-electron chi connectivity index (χ2n) is 4.70. The predicted octanol–water partition coefficient (Wildman–Crippen LogP) is 0.357. The van der Waals surface area contributed by atoms with Gasteiger partial charge in [0.15, 0.2) is 0 Å². The van der Waals surface area contributed by atoms with Crippen LogP contribution in [0.1, 0.15) is 23.0 Å². The Morgan fingerprint density at radius 1 is 1.55 bits per heavy atom. The molecule has 1 unspecified atom stereocenters. The number of sulfonamides is 1. The van der Waals surface area contributed by atoms with Crippen LogP contribution in [0.15, 0.2) is 15.6 Å². The number of esters is 1. The third kappa shape index (κ3) is 2.58. The van der Waals surface area contributed by atoms with E-state index in [4.69, 9.17) is 4.42 Å². The molecule has 1 aliphatic heterocycles. The summed E-state index contributed by atoms with van der Waals surface area (Å²) in [5.74, 6) is -0.376. The second-order valence-corrected chi connectivity index (χ2v) is 6.52. The molecule has 0 saturated carbocycles. The number of hydrogen-bond acceptors (Lipinski definition) is 6. The van der Waals surface area contributed by atoms with Crippen molar-refractivity contribution in [2.75, 3.05) is 26.7 Å². The molecule has 0 bridgehead atoms. The van der Waals surface area contributed by atoms with Gasteiger partial charge in [-0.25, -0.2) is 13.2 Å². The lowest BCUT2D eigenvalue weighted by Crippen LogP contribution is -2.52. The molecule has 1 N–H and O–H groups in total. The maximum atomic E-state index is 12.5. The van der Waals surface area contributed by atoms with E-state index in [1.807, 2.05) is 6.92 Å². The highest BCUT2D eigenvalue weighted by atomic mass is 32.2. The number of hydrogen-bond donors (Lipinski definition) is 1. The molecule has 1 aliphatic rings. The van der Waals surface area contributed by atoms with Crippen LogP contribution in [0.2, 0.25) is 0 Å². The van der Waals surface area contributed by atoms with Crippen molar-refractivity contribution in [1.29, 1.82) is 0 Å². The Morgan fingerprint density at radius 3 is 2.85 bits per heavy atom. The number of furan rings is 1. The Labute approximate surface area is 117 Å². The molecule has 2 heterocycles. The van der Waals surface area contributed by atoms with Crippen molar-refractivity contribution in [3.05, 3.63) is 17.4 Å². The van der Waals surface area contributed by atoms with Crippen LogP contribution in [0.3, 0.4) is 0 Å². The standard InChI is InChI=1S/C12H18N2O5S/c1-8-7-13-4-5-14(8)20(16,17)11-6-10(9(2)19-11)12(15)18-3/h6,8,13H,4-5,7H2,1-3H3. The van der Waals surface area contributed by atoms with Gasteiger partial charge < -0.3 is 14.5 Å². The van der Waals surface area contributed by atoms with Gasteiger partial charge in [0.25, 0.3) is 10.0 Å². The number of nitrogens with one attached hydrogen (secondary N) is 1. The van der Waals surface area contributed by atoms with E-state index in [2.05, 4.69) is 10.1 Å². The predicted molar refractivity (Wildman–Crippen MR) is 71.0 cm³/mol. The normalized spacial score (nSPS) is 20.9. The molecular formula is C12H18N2O5S. The minimum Gasteiger partial charge on any atom is -0.465 e. The average molecular weight is 302 g/mol. The lowest BCUT2D eigenvalue weighted by atomic mass is 10.3. The lowest BCUT2D eigenvalue weighted by molar-refractivity contribution is 0.0599. The Hall–Kier alpha value is -1.38. The lowest BCUT2D eigenvalue weighted by Gasteiger charge is -2.31. The number of carbonyl (C=O) groups is 1. The third-order valence-electron chi connectivity index (χ3n) is 3.30. The SMILES string of the molecule is COC(=O)c1cc(S(=O)(=O)N2CCNCC2C)oc1C. The molecule has 20 heavy (non-hydrogen) atoms. The first-order chi connectivity index (χ1) is 9.37. The molecule has 1 aromatic heterocycles. The molecule has 7 nitrogen and oxygen atoms in total. The highest BCUT2D eigenvalue weighted by Crippen LogP contribution is 2.24. The van der Waals surface area contributed by atoms with E-state index < -0.39 is 16.0 Å². The van der Waals surface area contributed by atoms with Gasteiger partial charge in [0.1, 0.15) is 11.3 Å². The van der Waals surface area contributed by atoms with E-state index in [-0.39, 0.29) is 22.5 Å². The van der Waals surface area contributed by atoms with Gasteiger partial charge >= 0.3 is 5.97 Å². The van der Waals surface area contributed by atoms with Crippen molar-refractivity contribution in [2.24, 2.45) is 0 Å². The molecular weight excluding hydrogens is 284 g/mol. The summed E-state index contributed by atoms with van der Waals surface area (Å²) in [6.07, 6.45) is 0. The monoisotopic (exact) mass is 302 g/mol. The largest absolute Gasteiger partial charge is 0.465 e. The van der Waals surface area contributed by atoms with E-state index in [1.165, 1.54) is 24.4 Å². The minimum absolute atomic E-state index is 0.133. The zero-order valence-corrected chi connectivity index (χ0v) is 12.5. The number of ether oxygens (including phenoxy) is 1. The zero-order chi connectivity index (χ0) is 14.9. The van der Waals surface area contributed by atoms with Crippen LogP contribution >= 0.6 is 0 Å². The Balaban J connectivity index is 2.37. The van der Waals surface area contributed by atoms with Crippen molar-refractivity contribution in [1.82, 2.24) is 9.62 Å². The molecule has 1 atom stereocenters. The number of piperazine rings is 1. The van der Waals surface area contributed by atoms with Crippen molar-refractivity contribution in [3.63, 3.8) is 0 Å². The van der Waals surface area contributed by atoms with Gasteiger partial charge in [0, 0.05) is 31.7 Å². The number of methoxy groups -OCH3 is 1. The topological polar surface area (TPSA) is 88.9 Å². The van der Waals surface area contributed by atoms with Crippen LogP contribution in [-0.4, -0.2) is 51.5 Å². The van der Waals surface area contributed by atoms with Crippen LogP contribution in [0.25, 0.3) is 0 Å². The molecule has 0 spiro atoms. The van der Waals surface area contributed by atoms with Crippen LogP contribution in [-0.2, 0) is 14.8 Å². The summed E-state index contributed by atoms with van der Waals surface area (Å²) >= 11 is 0. The first-order valence-corrected chi connectivity index (χ1v) is 7.73. The first-order valence-electron chi connectivity index (χ1n) is 6.29. The maximum Gasteiger partial charge on any atom is 0.341 e. The second kappa shape index (κ2) is 5.55. The fourth-order valence-electron chi connectivity index (χ4n) is 2.19. The van der Waals surface area contributed by atoms with E-state index in [9.17, 15) is 13.2 Å². The molecule has 0 aliphatic carbocycles. The number of aryl methyl sites for hydroxylation is 1. The number of rotatable bonds is 3. The van der Waals surface area contributed by atoms with Crippen molar-refractivity contribution in [3.8, 4) is 0 Å². The summed E-state index contributed by atoms with van der Waals surface area (Å²) in [4.78, 5) is 11.5. The van der Waals surface area contributed by atoms with E-state index in [1.54, 1.807) is 0 Å². The van der Waals surface area contributed by atoms with Gasteiger partial charge in [-0.05, 0) is 13.8 Å². The molecule has 112 valence electrons. The fraction of sp³-hybridized carbons (Fsp3) is 0.583. The van der Waals surface area contributed by atoms with Gasteiger partial charge in [-0.1, -0.05) is 0 Å². The smallest absolute Gasteiger partial charge is 0.341 e. The summed E-state index contributed by atoms with van der Waals surface area (Å²) < 4.78 is 36.3. The molecule has 2 rings (SSSR count). The molecule has 0 aromatic carbocycles. The summed E-state index contributed by atoms with van der Waals surface area (Å²) in [6.45, 7) is 4.90. The summed E-state index contributed by atoms with van der Waals surface area (Å²) in [6, 6.07) is 1.06. The summed E-state index contributed by atoms with van der Waals surface area (Å²) in [7, 11) is -2.50. The highest BCUT2D eigenvalue weighted by Gasteiger charge is 2.34. The van der Waals surface area contributed by atoms with E-state index in [0.717, 1.165) is 0 Å². The van der Waals surface area contributed by atoms with Crippen LogP contribution in [0.4, 0.5) is 0 Å². The van der Waals surface area contributed by atoms with Crippen LogP contribution in [0.5, 0.6) is 0 Å². The summed E-state index contributed by atoms with van der Waals surface area (Å²) in [5.41, 5.74) is 0.133. The van der Waals surface area contributed by atoms with Gasteiger partial charge in [0.2, 0.25) is 5.09 Å². The molecule has 1 aromatic rings. The van der Waals surface area contributed by atoms with Gasteiger partial charge in [-0.3, -0.25) is 0 Å². The fourth-order valence-corrected chi connectivity index (χ4v) is 3.80. The average Bonchev–Trinajstić information content (AvgIpc) is 2.81. The number of carbonyl (C=O) groups excluding carboxylic acids is 1. The van der Waals surface area contributed by atoms with Crippen molar-refractivity contribution in [2.45, 2.75) is 25.0 Å². The minimum atomic E-state index is -3.74. The maximum absolute atomic E-state index is 12.5.